The third-order valence-corrected chi connectivity index (χ3v) is 1.20. The van der Waals surface area contributed by atoms with Gasteiger partial charge in [0.1, 0.15) is 0 Å². The number of guanidine groups is 1. The van der Waals surface area contributed by atoms with Gasteiger partial charge in [0.05, 0.1) is 0 Å². The van der Waals surface area contributed by atoms with E-state index in [2.05, 4.69) is 16.6 Å². The fourth-order valence-electron chi connectivity index (χ4n) is 0.620. The third kappa shape index (κ3) is 6.95. The van der Waals surface area contributed by atoms with Crippen molar-refractivity contribution in [2.45, 2.75) is 12.8 Å². The monoisotopic (exact) mass is 168 g/mol. The van der Waals surface area contributed by atoms with Crippen LogP contribution in [0, 0.1) is 0 Å². The standard InChI is InChI=1S/C8H16N4/c1-2-6-11-8(10)12-7-4-3-5-9/h2,6H,1,3-5,7,9H2,(H2,10,12). The first-order valence-electron chi connectivity index (χ1n) is 3.96. The summed E-state index contributed by atoms with van der Waals surface area (Å²) < 4.78 is 0. The minimum atomic E-state index is 0.298. The van der Waals surface area contributed by atoms with Gasteiger partial charge >= 0.3 is 0 Å². The average Bonchev–Trinajstić information content (AvgIpc) is 2.09. The fourth-order valence-corrected chi connectivity index (χ4v) is 0.620. The maximum absolute atomic E-state index is 5.42. The molecule has 0 spiro atoms. The van der Waals surface area contributed by atoms with Gasteiger partial charge in [0.2, 0.25) is 5.96 Å². The normalized spacial score (nSPS) is 12.2. The Morgan fingerprint density at radius 1 is 1.42 bits per heavy atom. The number of nitrogens with zero attached hydrogens (tertiary/aromatic N) is 2. The van der Waals surface area contributed by atoms with E-state index in [1.165, 1.54) is 6.21 Å². The third-order valence-electron chi connectivity index (χ3n) is 1.20. The van der Waals surface area contributed by atoms with E-state index >= 15 is 0 Å². The molecular weight excluding hydrogens is 152 g/mol. The maximum atomic E-state index is 5.42. The predicted octanol–water partition coefficient (Wildman–Crippen LogP) is 0.297. The Labute approximate surface area is 73.1 Å². The molecule has 0 aliphatic carbocycles. The van der Waals surface area contributed by atoms with Crippen LogP contribution in [0.25, 0.3) is 0 Å². The zero-order valence-corrected chi connectivity index (χ0v) is 7.24. The van der Waals surface area contributed by atoms with Crippen LogP contribution in [0.4, 0.5) is 0 Å². The lowest BCUT2D eigenvalue weighted by molar-refractivity contribution is 0.755. The molecule has 0 aromatic heterocycles. The van der Waals surface area contributed by atoms with E-state index in [0.29, 0.717) is 19.0 Å². The van der Waals surface area contributed by atoms with Gasteiger partial charge in [-0.1, -0.05) is 12.7 Å². The summed E-state index contributed by atoms with van der Waals surface area (Å²) >= 11 is 0. The first-order chi connectivity index (χ1) is 5.81. The van der Waals surface area contributed by atoms with Crippen molar-refractivity contribution in [2.24, 2.45) is 21.5 Å². The van der Waals surface area contributed by atoms with E-state index in [4.69, 9.17) is 11.5 Å². The second-order valence-corrected chi connectivity index (χ2v) is 2.25. The lowest BCUT2D eigenvalue weighted by Crippen LogP contribution is -2.09. The summed E-state index contributed by atoms with van der Waals surface area (Å²) in [5.74, 6) is 0.298. The van der Waals surface area contributed by atoms with Crippen LogP contribution in [0.5, 0.6) is 0 Å². The summed E-state index contributed by atoms with van der Waals surface area (Å²) in [5, 5.41) is 0. The lowest BCUT2D eigenvalue weighted by Gasteiger charge is -1.93. The van der Waals surface area contributed by atoms with Crippen molar-refractivity contribution in [1.82, 2.24) is 0 Å². The van der Waals surface area contributed by atoms with Gasteiger partial charge < -0.3 is 11.5 Å². The van der Waals surface area contributed by atoms with Gasteiger partial charge in [-0.05, 0) is 19.4 Å². The number of hydrogen-bond acceptors (Lipinski definition) is 2. The summed E-state index contributed by atoms with van der Waals surface area (Å²) in [4.78, 5) is 7.79. The van der Waals surface area contributed by atoms with Crippen LogP contribution in [0.15, 0.2) is 22.6 Å². The molecule has 0 heterocycles. The first-order valence-corrected chi connectivity index (χ1v) is 3.96. The van der Waals surface area contributed by atoms with Crippen LogP contribution in [0.2, 0.25) is 0 Å². The molecule has 0 saturated heterocycles. The molecule has 0 unspecified atom stereocenters. The molecule has 0 rings (SSSR count). The summed E-state index contributed by atoms with van der Waals surface area (Å²) in [6.45, 7) is 4.86. The van der Waals surface area contributed by atoms with Crippen molar-refractivity contribution in [3.63, 3.8) is 0 Å². The summed E-state index contributed by atoms with van der Waals surface area (Å²) in [6, 6.07) is 0. The minimum Gasteiger partial charge on any atom is -0.368 e. The van der Waals surface area contributed by atoms with Crippen molar-refractivity contribution in [3.8, 4) is 0 Å². The molecule has 4 N–H and O–H groups in total. The van der Waals surface area contributed by atoms with Gasteiger partial charge in [0.15, 0.2) is 0 Å². The van der Waals surface area contributed by atoms with Crippen molar-refractivity contribution < 1.29 is 0 Å². The molecule has 0 bridgehead atoms. The number of hydrogen-bond donors (Lipinski definition) is 2. The maximum Gasteiger partial charge on any atom is 0.215 e. The lowest BCUT2D eigenvalue weighted by atomic mass is 10.3. The molecule has 68 valence electrons. The Kier molecular flexibility index (Phi) is 7.17. The van der Waals surface area contributed by atoms with Crippen LogP contribution < -0.4 is 11.5 Å². The molecule has 0 amide bonds. The summed E-state index contributed by atoms with van der Waals surface area (Å²) in [7, 11) is 0. The van der Waals surface area contributed by atoms with Crippen LogP contribution in [0.3, 0.4) is 0 Å². The average molecular weight is 168 g/mol. The Morgan fingerprint density at radius 2 is 2.17 bits per heavy atom. The molecule has 4 nitrogen and oxygen atoms in total. The van der Waals surface area contributed by atoms with Crippen LogP contribution in [-0.2, 0) is 0 Å². The number of allylic oxidation sites excluding steroid dienone is 1. The molecular formula is C8H16N4. The highest BCUT2D eigenvalue weighted by Crippen LogP contribution is 1.86. The van der Waals surface area contributed by atoms with Crippen LogP contribution >= 0.6 is 0 Å². The largest absolute Gasteiger partial charge is 0.368 e. The highest BCUT2D eigenvalue weighted by molar-refractivity contribution is 5.89. The number of nitrogens with two attached hydrogens (primary N) is 2. The van der Waals surface area contributed by atoms with E-state index in [1.807, 2.05) is 0 Å². The quantitative estimate of drug-likeness (QED) is 0.352. The van der Waals surface area contributed by atoms with E-state index in [9.17, 15) is 0 Å². The highest BCUT2D eigenvalue weighted by Gasteiger charge is 1.85. The summed E-state index contributed by atoms with van der Waals surface area (Å²) in [5.41, 5.74) is 10.7. The number of aliphatic imine (C=N–C) groups is 2. The zero-order valence-electron chi connectivity index (χ0n) is 7.24. The Morgan fingerprint density at radius 3 is 2.75 bits per heavy atom. The van der Waals surface area contributed by atoms with Crippen molar-refractivity contribution in [2.75, 3.05) is 13.1 Å². The van der Waals surface area contributed by atoms with Gasteiger partial charge in [-0.3, -0.25) is 4.99 Å². The number of unbranched alkanes of at least 4 members (excludes halogenated alkanes) is 1. The van der Waals surface area contributed by atoms with Gasteiger partial charge in [0, 0.05) is 12.8 Å². The van der Waals surface area contributed by atoms with Gasteiger partial charge in [0.25, 0.3) is 0 Å². The van der Waals surface area contributed by atoms with Crippen LogP contribution in [-0.4, -0.2) is 25.3 Å². The second kappa shape index (κ2) is 7.94. The van der Waals surface area contributed by atoms with Crippen LogP contribution in [0.1, 0.15) is 12.8 Å². The SMILES string of the molecule is C=CC=NC(N)=NCCCCN. The molecule has 0 atom stereocenters. The van der Waals surface area contributed by atoms with Gasteiger partial charge in [-0.25, -0.2) is 4.99 Å². The molecule has 0 saturated carbocycles. The molecule has 0 aromatic rings. The Hall–Kier alpha value is -1.16. The zero-order chi connectivity index (χ0) is 9.23. The summed E-state index contributed by atoms with van der Waals surface area (Å²) in [6.07, 6.45) is 5.01. The fraction of sp³-hybridized carbons (Fsp3) is 0.500. The highest BCUT2D eigenvalue weighted by atomic mass is 15.0. The first kappa shape index (κ1) is 10.8. The molecule has 0 radical (unpaired) electrons. The minimum absolute atomic E-state index is 0.298. The molecule has 0 aromatic carbocycles. The van der Waals surface area contributed by atoms with Gasteiger partial charge in [-0.2, -0.15) is 0 Å². The molecule has 0 fully saturated rings. The smallest absolute Gasteiger partial charge is 0.215 e. The Bertz CT molecular complexity index is 172. The van der Waals surface area contributed by atoms with E-state index in [-0.39, 0.29) is 0 Å². The second-order valence-electron chi connectivity index (χ2n) is 2.25. The van der Waals surface area contributed by atoms with E-state index in [1.54, 1.807) is 6.08 Å². The van der Waals surface area contributed by atoms with E-state index < -0.39 is 0 Å². The predicted molar refractivity (Wildman–Crippen MR) is 53.5 cm³/mol. The molecule has 12 heavy (non-hydrogen) atoms. The Balaban J connectivity index is 3.54. The topological polar surface area (TPSA) is 76.8 Å². The number of rotatable bonds is 5. The molecule has 4 heteroatoms. The van der Waals surface area contributed by atoms with E-state index in [0.717, 1.165) is 12.8 Å². The van der Waals surface area contributed by atoms with Gasteiger partial charge in [-0.15, -0.1) is 0 Å². The molecule has 0 aliphatic heterocycles. The van der Waals surface area contributed by atoms with Crippen molar-refractivity contribution in [1.29, 1.82) is 0 Å². The van der Waals surface area contributed by atoms with Crippen molar-refractivity contribution >= 4 is 12.2 Å². The molecule has 0 aliphatic rings. The van der Waals surface area contributed by atoms with Crippen molar-refractivity contribution in [3.05, 3.63) is 12.7 Å².